The molecule has 2 aromatic carbocycles. The molecule has 0 saturated carbocycles. The number of fused-ring (bicyclic) bond motifs is 1. The van der Waals surface area contributed by atoms with Crippen LogP contribution in [-0.2, 0) is 6.54 Å². The number of benzene rings is 2. The van der Waals surface area contributed by atoms with E-state index in [1.807, 2.05) is 43.3 Å². The quantitative estimate of drug-likeness (QED) is 0.194. The standard InChI is InChI=1S/C23H22N4O5/c1-15(2)13-21(16-6-8-17(30-3)9-7-16)26(14-18-5-4-12-31-18)19-10-11-20(27(28)29)23-22(19)24-32-25-23/h4-12,21H,1,13-14H2,2-3H3. The second-order valence-corrected chi connectivity index (χ2v) is 7.48. The van der Waals surface area contributed by atoms with Crippen molar-refractivity contribution in [1.29, 1.82) is 0 Å². The number of nitrogens with zero attached hydrogens (tertiary/aromatic N) is 4. The largest absolute Gasteiger partial charge is 0.497 e. The van der Waals surface area contributed by atoms with Gasteiger partial charge in [0.15, 0.2) is 5.52 Å². The Hall–Kier alpha value is -4.14. The highest BCUT2D eigenvalue weighted by molar-refractivity contribution is 5.94. The second-order valence-electron chi connectivity index (χ2n) is 7.48. The number of nitro groups is 1. The average Bonchev–Trinajstić information content (AvgIpc) is 3.47. The van der Waals surface area contributed by atoms with Crippen LogP contribution in [0.25, 0.3) is 11.0 Å². The molecule has 1 unspecified atom stereocenters. The SMILES string of the molecule is C=C(C)CC(c1ccc(OC)cc1)N(Cc1ccco1)c1ccc([N+](=O)[O-])c2nonc12. The molecular formula is C23H22N4O5. The Morgan fingerprint density at radius 2 is 1.94 bits per heavy atom. The molecule has 4 rings (SSSR count). The van der Waals surface area contributed by atoms with Gasteiger partial charge in [-0.15, -0.1) is 6.58 Å². The van der Waals surface area contributed by atoms with Crippen LogP contribution < -0.4 is 9.64 Å². The number of methoxy groups -OCH3 is 1. The van der Waals surface area contributed by atoms with Crippen molar-refractivity contribution < 1.29 is 18.7 Å². The summed E-state index contributed by atoms with van der Waals surface area (Å²) < 4.78 is 15.8. The van der Waals surface area contributed by atoms with Gasteiger partial charge < -0.3 is 14.1 Å². The predicted molar refractivity (Wildman–Crippen MR) is 119 cm³/mol. The molecule has 2 heterocycles. The number of nitro benzene ring substituents is 1. The van der Waals surface area contributed by atoms with Gasteiger partial charge in [-0.1, -0.05) is 17.7 Å². The van der Waals surface area contributed by atoms with Crippen molar-refractivity contribution >= 4 is 22.4 Å². The number of aromatic nitrogens is 2. The lowest BCUT2D eigenvalue weighted by molar-refractivity contribution is -0.383. The molecule has 32 heavy (non-hydrogen) atoms. The van der Waals surface area contributed by atoms with Crippen LogP contribution in [0.4, 0.5) is 11.4 Å². The van der Waals surface area contributed by atoms with Gasteiger partial charge in [0.1, 0.15) is 11.5 Å². The minimum absolute atomic E-state index is 0.0979. The minimum atomic E-state index is -0.498. The number of rotatable bonds is 9. The fraction of sp³-hybridized carbons (Fsp3) is 0.217. The van der Waals surface area contributed by atoms with Crippen LogP contribution in [0.15, 0.2) is 76.0 Å². The maximum Gasteiger partial charge on any atom is 0.300 e. The highest BCUT2D eigenvalue weighted by Gasteiger charge is 2.28. The van der Waals surface area contributed by atoms with Crippen LogP contribution in [0.5, 0.6) is 5.75 Å². The monoisotopic (exact) mass is 434 g/mol. The third-order valence-electron chi connectivity index (χ3n) is 5.20. The summed E-state index contributed by atoms with van der Waals surface area (Å²) >= 11 is 0. The molecule has 9 nitrogen and oxygen atoms in total. The highest BCUT2D eigenvalue weighted by Crippen LogP contribution is 2.39. The van der Waals surface area contributed by atoms with Crippen molar-refractivity contribution in [3.8, 4) is 5.75 Å². The Labute approximate surface area is 184 Å². The van der Waals surface area contributed by atoms with E-state index in [9.17, 15) is 10.1 Å². The first-order valence-corrected chi connectivity index (χ1v) is 9.95. The Bertz CT molecular complexity index is 1230. The smallest absolute Gasteiger partial charge is 0.300 e. The van der Waals surface area contributed by atoms with E-state index in [4.69, 9.17) is 13.8 Å². The zero-order chi connectivity index (χ0) is 22.7. The van der Waals surface area contributed by atoms with Crippen molar-refractivity contribution in [2.75, 3.05) is 12.0 Å². The topological polar surface area (TPSA) is 108 Å². The van der Waals surface area contributed by atoms with Crippen molar-refractivity contribution in [2.24, 2.45) is 0 Å². The van der Waals surface area contributed by atoms with E-state index in [1.165, 1.54) is 6.07 Å². The number of hydrogen-bond donors (Lipinski definition) is 0. The molecule has 0 aliphatic rings. The molecule has 164 valence electrons. The summed E-state index contributed by atoms with van der Waals surface area (Å²) in [6.45, 7) is 6.47. The van der Waals surface area contributed by atoms with E-state index in [2.05, 4.69) is 21.8 Å². The van der Waals surface area contributed by atoms with Gasteiger partial charge in [-0.3, -0.25) is 10.1 Å². The summed E-state index contributed by atoms with van der Waals surface area (Å²) in [6.07, 6.45) is 2.24. The Balaban J connectivity index is 1.87. The minimum Gasteiger partial charge on any atom is -0.497 e. The highest BCUT2D eigenvalue weighted by atomic mass is 16.6. The molecule has 0 saturated heterocycles. The summed E-state index contributed by atoms with van der Waals surface area (Å²) in [6, 6.07) is 14.4. The van der Waals surface area contributed by atoms with Gasteiger partial charge >= 0.3 is 5.69 Å². The summed E-state index contributed by atoms with van der Waals surface area (Å²) in [5.74, 6) is 1.48. The average molecular weight is 434 g/mol. The predicted octanol–water partition coefficient (Wildman–Crippen LogP) is 5.45. The second kappa shape index (κ2) is 8.93. The molecule has 0 fully saturated rings. The first-order valence-electron chi connectivity index (χ1n) is 9.95. The van der Waals surface area contributed by atoms with E-state index in [0.717, 1.165) is 22.6 Å². The molecule has 0 aliphatic carbocycles. The Morgan fingerprint density at radius 1 is 1.19 bits per heavy atom. The maximum atomic E-state index is 11.5. The van der Waals surface area contributed by atoms with E-state index in [0.29, 0.717) is 24.2 Å². The van der Waals surface area contributed by atoms with Gasteiger partial charge in [0, 0.05) is 6.07 Å². The van der Waals surface area contributed by atoms with Crippen molar-refractivity contribution in [3.05, 3.63) is 88.4 Å². The molecule has 1 atom stereocenters. The Kier molecular flexibility index (Phi) is 5.89. The summed E-state index contributed by atoms with van der Waals surface area (Å²) in [5, 5.41) is 19.2. The van der Waals surface area contributed by atoms with Gasteiger partial charge in [-0.2, -0.15) is 0 Å². The molecule has 0 amide bonds. The Morgan fingerprint density at radius 3 is 2.56 bits per heavy atom. The fourth-order valence-electron chi connectivity index (χ4n) is 3.72. The van der Waals surface area contributed by atoms with E-state index in [-0.39, 0.29) is 17.2 Å². The number of anilines is 1. The third-order valence-corrected chi connectivity index (χ3v) is 5.20. The third kappa shape index (κ3) is 4.18. The van der Waals surface area contributed by atoms with E-state index < -0.39 is 4.92 Å². The summed E-state index contributed by atoms with van der Waals surface area (Å²) in [4.78, 5) is 13.0. The van der Waals surface area contributed by atoms with Crippen LogP contribution in [-0.4, -0.2) is 22.3 Å². The van der Waals surface area contributed by atoms with Gasteiger partial charge in [0.05, 0.1) is 36.6 Å². The molecule has 0 radical (unpaired) electrons. The first kappa shape index (κ1) is 21.1. The van der Waals surface area contributed by atoms with Crippen LogP contribution in [0.2, 0.25) is 0 Å². The van der Waals surface area contributed by atoms with Crippen molar-refractivity contribution in [1.82, 2.24) is 10.3 Å². The van der Waals surface area contributed by atoms with E-state index in [1.54, 1.807) is 19.4 Å². The molecule has 0 spiro atoms. The molecule has 9 heteroatoms. The van der Waals surface area contributed by atoms with Gasteiger partial charge in [0.25, 0.3) is 0 Å². The maximum absolute atomic E-state index is 11.5. The number of furan rings is 1. The normalized spacial score (nSPS) is 11.9. The zero-order valence-corrected chi connectivity index (χ0v) is 17.7. The zero-order valence-electron chi connectivity index (χ0n) is 17.7. The van der Waals surface area contributed by atoms with Gasteiger partial charge in [-0.25, -0.2) is 4.63 Å². The molecule has 0 aliphatic heterocycles. The van der Waals surface area contributed by atoms with E-state index >= 15 is 0 Å². The number of hydrogen-bond acceptors (Lipinski definition) is 8. The van der Waals surface area contributed by atoms with Crippen LogP contribution in [0, 0.1) is 10.1 Å². The molecule has 4 aromatic rings. The molecular weight excluding hydrogens is 412 g/mol. The lowest BCUT2D eigenvalue weighted by atomic mass is 9.97. The van der Waals surface area contributed by atoms with Gasteiger partial charge in [-0.05, 0) is 59.6 Å². The summed E-state index contributed by atoms with van der Waals surface area (Å²) in [7, 11) is 1.62. The summed E-state index contributed by atoms with van der Waals surface area (Å²) in [5.41, 5.74) is 2.89. The van der Waals surface area contributed by atoms with Crippen LogP contribution in [0.3, 0.4) is 0 Å². The van der Waals surface area contributed by atoms with Crippen LogP contribution in [0.1, 0.15) is 30.7 Å². The van der Waals surface area contributed by atoms with Gasteiger partial charge in [0.2, 0.25) is 5.52 Å². The van der Waals surface area contributed by atoms with Crippen molar-refractivity contribution in [3.63, 3.8) is 0 Å². The lowest BCUT2D eigenvalue weighted by Crippen LogP contribution is -2.29. The fourth-order valence-corrected chi connectivity index (χ4v) is 3.72. The molecule has 0 bridgehead atoms. The number of ether oxygens (including phenoxy) is 1. The first-order chi connectivity index (χ1) is 15.5. The molecule has 2 aromatic heterocycles. The molecule has 0 N–H and O–H groups in total. The lowest BCUT2D eigenvalue weighted by Gasteiger charge is -2.34. The number of non-ortho nitro benzene ring substituents is 1. The van der Waals surface area contributed by atoms with Crippen molar-refractivity contribution in [2.45, 2.75) is 25.9 Å². The van der Waals surface area contributed by atoms with Crippen LogP contribution >= 0.6 is 0 Å².